The van der Waals surface area contributed by atoms with Crippen molar-refractivity contribution in [2.24, 2.45) is 5.73 Å². The molecule has 1 atom stereocenters. The number of hydrogen-bond acceptors (Lipinski definition) is 1. The largest absolute Gasteiger partial charge is 0.327 e. The first-order valence-corrected chi connectivity index (χ1v) is 5.58. The second kappa shape index (κ2) is 4.22. The van der Waals surface area contributed by atoms with Crippen LogP contribution in [-0.4, -0.2) is 6.54 Å². The van der Waals surface area contributed by atoms with Gasteiger partial charge in [0.05, 0.1) is 0 Å². The molecule has 0 aliphatic heterocycles. The molecular weight excluding hydrogens is 201 g/mol. The number of hydrogen-bond donors (Lipinski definition) is 1. The molecule has 2 aromatic rings. The Morgan fingerprint density at radius 2 is 1.81 bits per heavy atom. The fourth-order valence-electron chi connectivity index (χ4n) is 2.06. The van der Waals surface area contributed by atoms with E-state index in [1.165, 1.54) is 0 Å². The van der Waals surface area contributed by atoms with Crippen molar-refractivity contribution >= 4 is 10.8 Å². The van der Waals surface area contributed by atoms with Crippen LogP contribution in [0.5, 0.6) is 0 Å². The Bertz CT molecular complexity index is 484. The highest BCUT2D eigenvalue weighted by Gasteiger charge is 2.29. The molecule has 0 saturated carbocycles. The van der Waals surface area contributed by atoms with E-state index in [1.807, 2.05) is 49.4 Å². The molecule has 0 radical (unpaired) electrons. The second-order valence-electron chi connectivity index (χ2n) is 4.05. The summed E-state index contributed by atoms with van der Waals surface area (Å²) in [6.07, 6.45) is 0.400. The number of rotatable bonds is 3. The second-order valence-corrected chi connectivity index (χ2v) is 4.05. The molecule has 1 nitrogen and oxygen atoms in total. The number of alkyl halides is 1. The smallest absolute Gasteiger partial charge is 0.148 e. The van der Waals surface area contributed by atoms with Gasteiger partial charge in [-0.3, -0.25) is 0 Å². The summed E-state index contributed by atoms with van der Waals surface area (Å²) in [5.74, 6) is 0. The third kappa shape index (κ3) is 1.69. The lowest BCUT2D eigenvalue weighted by Crippen LogP contribution is -2.29. The Balaban J connectivity index is 2.69. The van der Waals surface area contributed by atoms with E-state index in [9.17, 15) is 4.39 Å². The SMILES string of the molecule is CCC(F)(CN)c1cccc2ccccc12. The van der Waals surface area contributed by atoms with Crippen LogP contribution in [0.1, 0.15) is 18.9 Å². The van der Waals surface area contributed by atoms with E-state index < -0.39 is 5.67 Å². The van der Waals surface area contributed by atoms with Gasteiger partial charge in [0.2, 0.25) is 0 Å². The lowest BCUT2D eigenvalue weighted by molar-refractivity contribution is 0.171. The summed E-state index contributed by atoms with van der Waals surface area (Å²) in [5.41, 5.74) is 4.85. The molecule has 0 aliphatic rings. The van der Waals surface area contributed by atoms with Gasteiger partial charge >= 0.3 is 0 Å². The van der Waals surface area contributed by atoms with Gasteiger partial charge in [-0.15, -0.1) is 0 Å². The van der Waals surface area contributed by atoms with Gasteiger partial charge < -0.3 is 5.73 Å². The highest BCUT2D eigenvalue weighted by molar-refractivity contribution is 5.86. The summed E-state index contributed by atoms with van der Waals surface area (Å²) in [6.45, 7) is 1.85. The first-order valence-electron chi connectivity index (χ1n) is 5.58. The molecule has 0 saturated heterocycles. The average molecular weight is 217 g/mol. The zero-order valence-corrected chi connectivity index (χ0v) is 9.41. The van der Waals surface area contributed by atoms with Gasteiger partial charge in [-0.05, 0) is 22.8 Å². The third-order valence-corrected chi connectivity index (χ3v) is 3.16. The molecule has 2 heteroatoms. The highest BCUT2D eigenvalue weighted by atomic mass is 19.1. The van der Waals surface area contributed by atoms with Crippen molar-refractivity contribution in [3.05, 3.63) is 48.0 Å². The van der Waals surface area contributed by atoms with Crippen molar-refractivity contribution in [3.63, 3.8) is 0 Å². The quantitative estimate of drug-likeness (QED) is 0.838. The van der Waals surface area contributed by atoms with E-state index in [0.29, 0.717) is 12.0 Å². The van der Waals surface area contributed by atoms with Crippen molar-refractivity contribution in [1.82, 2.24) is 0 Å². The van der Waals surface area contributed by atoms with Crippen LogP contribution in [0, 0.1) is 0 Å². The van der Waals surface area contributed by atoms with E-state index in [-0.39, 0.29) is 6.54 Å². The van der Waals surface area contributed by atoms with Crippen molar-refractivity contribution in [2.75, 3.05) is 6.54 Å². The molecule has 0 aliphatic carbocycles. The van der Waals surface area contributed by atoms with Crippen LogP contribution in [0.4, 0.5) is 4.39 Å². The van der Waals surface area contributed by atoms with Crippen molar-refractivity contribution < 1.29 is 4.39 Å². The molecule has 0 spiro atoms. The van der Waals surface area contributed by atoms with E-state index in [4.69, 9.17) is 5.73 Å². The number of halogens is 1. The molecule has 0 heterocycles. The minimum Gasteiger partial charge on any atom is -0.327 e. The third-order valence-electron chi connectivity index (χ3n) is 3.16. The fourth-order valence-corrected chi connectivity index (χ4v) is 2.06. The van der Waals surface area contributed by atoms with E-state index in [1.54, 1.807) is 0 Å². The Kier molecular flexibility index (Phi) is 2.92. The molecule has 0 bridgehead atoms. The normalized spacial score (nSPS) is 14.9. The Hall–Kier alpha value is -1.41. The predicted octanol–water partition coefficient (Wildman–Crippen LogP) is 3.37. The average Bonchev–Trinajstić information content (AvgIpc) is 2.37. The molecule has 2 rings (SSSR count). The van der Waals surface area contributed by atoms with Gasteiger partial charge in [0.25, 0.3) is 0 Å². The number of fused-ring (bicyclic) bond motifs is 1. The molecule has 0 aromatic heterocycles. The van der Waals surface area contributed by atoms with Gasteiger partial charge in [0, 0.05) is 6.54 Å². The van der Waals surface area contributed by atoms with E-state index in [2.05, 4.69) is 0 Å². The first-order chi connectivity index (χ1) is 7.71. The van der Waals surface area contributed by atoms with Crippen LogP contribution >= 0.6 is 0 Å². The van der Waals surface area contributed by atoms with Crippen LogP contribution < -0.4 is 5.73 Å². The van der Waals surface area contributed by atoms with Crippen LogP contribution in [0.15, 0.2) is 42.5 Å². The predicted molar refractivity (Wildman–Crippen MR) is 66.1 cm³/mol. The summed E-state index contributed by atoms with van der Waals surface area (Å²) in [6, 6.07) is 13.5. The van der Waals surface area contributed by atoms with Crippen LogP contribution in [0.3, 0.4) is 0 Å². The van der Waals surface area contributed by atoms with Gasteiger partial charge in [-0.1, -0.05) is 49.4 Å². The van der Waals surface area contributed by atoms with Crippen molar-refractivity contribution in [3.8, 4) is 0 Å². The summed E-state index contributed by atoms with van der Waals surface area (Å²) in [7, 11) is 0. The molecule has 84 valence electrons. The fraction of sp³-hybridized carbons (Fsp3) is 0.286. The minimum atomic E-state index is -1.42. The van der Waals surface area contributed by atoms with Crippen LogP contribution in [-0.2, 0) is 5.67 Å². The lowest BCUT2D eigenvalue weighted by atomic mass is 9.89. The van der Waals surface area contributed by atoms with Gasteiger partial charge in [0.15, 0.2) is 0 Å². The maximum absolute atomic E-state index is 14.6. The molecule has 2 N–H and O–H groups in total. The van der Waals surface area contributed by atoms with Gasteiger partial charge in [-0.2, -0.15) is 0 Å². The highest BCUT2D eigenvalue weighted by Crippen LogP contribution is 2.33. The summed E-state index contributed by atoms with van der Waals surface area (Å²) in [5, 5.41) is 2.02. The van der Waals surface area contributed by atoms with Crippen LogP contribution in [0.2, 0.25) is 0 Å². The molecule has 1 unspecified atom stereocenters. The van der Waals surface area contributed by atoms with E-state index in [0.717, 1.165) is 10.8 Å². The Morgan fingerprint density at radius 3 is 2.50 bits per heavy atom. The minimum absolute atomic E-state index is 0.0253. The zero-order valence-electron chi connectivity index (χ0n) is 9.41. The zero-order chi connectivity index (χ0) is 11.6. The summed E-state index contributed by atoms with van der Waals surface area (Å²) < 4.78 is 14.6. The summed E-state index contributed by atoms with van der Waals surface area (Å²) >= 11 is 0. The van der Waals surface area contributed by atoms with Gasteiger partial charge in [-0.25, -0.2) is 4.39 Å². The van der Waals surface area contributed by atoms with Gasteiger partial charge in [0.1, 0.15) is 5.67 Å². The summed E-state index contributed by atoms with van der Waals surface area (Å²) in [4.78, 5) is 0. The molecule has 0 amide bonds. The van der Waals surface area contributed by atoms with E-state index >= 15 is 0 Å². The molecule has 0 fully saturated rings. The number of nitrogens with two attached hydrogens (primary N) is 1. The molecule has 2 aromatic carbocycles. The van der Waals surface area contributed by atoms with Crippen molar-refractivity contribution in [2.45, 2.75) is 19.0 Å². The first kappa shape index (κ1) is 11.1. The van der Waals surface area contributed by atoms with Crippen LogP contribution in [0.25, 0.3) is 10.8 Å². The molecular formula is C14H16FN. The lowest BCUT2D eigenvalue weighted by Gasteiger charge is -2.24. The maximum Gasteiger partial charge on any atom is 0.148 e. The monoisotopic (exact) mass is 217 g/mol. The number of benzene rings is 2. The van der Waals surface area contributed by atoms with Crippen molar-refractivity contribution in [1.29, 1.82) is 0 Å². The Morgan fingerprint density at radius 1 is 1.12 bits per heavy atom. The topological polar surface area (TPSA) is 26.0 Å². The molecule has 16 heavy (non-hydrogen) atoms. The Labute approximate surface area is 95.1 Å². The standard InChI is InChI=1S/C14H16FN/c1-2-14(15,10-16)13-9-5-7-11-6-3-4-8-12(11)13/h3-9H,2,10,16H2,1H3. The maximum atomic E-state index is 14.6.